The number of nitrogen functional groups attached to an aromatic ring is 1. The van der Waals surface area contributed by atoms with Gasteiger partial charge in [0, 0.05) is 40.4 Å². The number of hydrogen-bond donors (Lipinski definition) is 1. The molecule has 1 unspecified atom stereocenters. The van der Waals surface area contributed by atoms with Crippen molar-refractivity contribution in [1.82, 2.24) is 4.90 Å². The predicted octanol–water partition coefficient (Wildman–Crippen LogP) is 2.50. The van der Waals surface area contributed by atoms with E-state index >= 15 is 0 Å². The van der Waals surface area contributed by atoms with Crippen LogP contribution in [0.2, 0.25) is 5.02 Å². The molecule has 0 bridgehead atoms. The number of nitrogens with zero attached hydrogens (tertiary/aromatic N) is 1. The molecule has 1 fully saturated rings. The summed E-state index contributed by atoms with van der Waals surface area (Å²) in [5.41, 5.74) is 6.81. The van der Waals surface area contributed by atoms with Crippen LogP contribution in [0, 0.1) is 0 Å². The molecule has 1 saturated heterocycles. The summed E-state index contributed by atoms with van der Waals surface area (Å²) < 4.78 is 0. The van der Waals surface area contributed by atoms with Crippen molar-refractivity contribution >= 4 is 35.0 Å². The zero-order valence-corrected chi connectivity index (χ0v) is 11.2. The van der Waals surface area contributed by atoms with Crippen LogP contribution in [0.1, 0.15) is 17.3 Å². The molecule has 1 amide bonds. The zero-order chi connectivity index (χ0) is 12.4. The Morgan fingerprint density at radius 2 is 2.29 bits per heavy atom. The normalized spacial score (nSPS) is 20.4. The van der Waals surface area contributed by atoms with Gasteiger partial charge in [-0.25, -0.2) is 0 Å². The van der Waals surface area contributed by atoms with Crippen molar-refractivity contribution in [3.05, 3.63) is 28.8 Å². The number of anilines is 1. The van der Waals surface area contributed by atoms with Gasteiger partial charge in [-0.05, 0) is 25.1 Å². The van der Waals surface area contributed by atoms with Crippen molar-refractivity contribution < 1.29 is 4.79 Å². The van der Waals surface area contributed by atoms with Crippen LogP contribution in [0.15, 0.2) is 18.2 Å². The zero-order valence-electron chi connectivity index (χ0n) is 9.65. The first kappa shape index (κ1) is 12.6. The van der Waals surface area contributed by atoms with Crippen molar-refractivity contribution in [2.75, 3.05) is 23.8 Å². The summed E-state index contributed by atoms with van der Waals surface area (Å²) in [5.74, 6) is 2.00. The topological polar surface area (TPSA) is 46.3 Å². The highest BCUT2D eigenvalue weighted by Gasteiger charge is 2.24. The molecule has 1 aromatic carbocycles. The summed E-state index contributed by atoms with van der Waals surface area (Å²) in [6.07, 6.45) is 0. The van der Waals surface area contributed by atoms with Crippen molar-refractivity contribution in [1.29, 1.82) is 0 Å². The van der Waals surface area contributed by atoms with Crippen LogP contribution in [-0.4, -0.2) is 34.9 Å². The van der Waals surface area contributed by atoms with E-state index in [4.69, 9.17) is 17.3 Å². The fourth-order valence-corrected chi connectivity index (χ4v) is 3.19. The van der Waals surface area contributed by atoms with Gasteiger partial charge < -0.3 is 10.6 Å². The van der Waals surface area contributed by atoms with E-state index in [-0.39, 0.29) is 11.9 Å². The molecule has 0 saturated carbocycles. The van der Waals surface area contributed by atoms with E-state index < -0.39 is 0 Å². The number of halogens is 1. The number of carbonyl (C=O) groups is 1. The SMILES string of the molecule is CC1CSCCN1C(=O)c1cc(N)cc(Cl)c1. The van der Waals surface area contributed by atoms with Gasteiger partial charge in [0.25, 0.3) is 5.91 Å². The van der Waals surface area contributed by atoms with Gasteiger partial charge in [-0.2, -0.15) is 11.8 Å². The van der Waals surface area contributed by atoms with Crippen molar-refractivity contribution in [3.8, 4) is 0 Å². The summed E-state index contributed by atoms with van der Waals surface area (Å²) >= 11 is 7.80. The molecule has 5 heteroatoms. The molecule has 2 rings (SSSR count). The van der Waals surface area contributed by atoms with Crippen LogP contribution in [0.5, 0.6) is 0 Å². The number of thioether (sulfide) groups is 1. The van der Waals surface area contributed by atoms with Gasteiger partial charge in [0.1, 0.15) is 0 Å². The molecule has 2 N–H and O–H groups in total. The maximum atomic E-state index is 12.3. The maximum Gasteiger partial charge on any atom is 0.254 e. The maximum absolute atomic E-state index is 12.3. The quantitative estimate of drug-likeness (QED) is 0.798. The van der Waals surface area contributed by atoms with E-state index in [9.17, 15) is 4.79 Å². The largest absolute Gasteiger partial charge is 0.399 e. The van der Waals surface area contributed by atoms with Gasteiger partial charge in [-0.1, -0.05) is 11.6 Å². The molecule has 1 aromatic rings. The Kier molecular flexibility index (Phi) is 3.84. The van der Waals surface area contributed by atoms with E-state index in [2.05, 4.69) is 6.92 Å². The lowest BCUT2D eigenvalue weighted by molar-refractivity contribution is 0.0716. The summed E-state index contributed by atoms with van der Waals surface area (Å²) in [7, 11) is 0. The van der Waals surface area contributed by atoms with Gasteiger partial charge in [0.2, 0.25) is 0 Å². The highest BCUT2D eigenvalue weighted by atomic mass is 35.5. The molecule has 17 heavy (non-hydrogen) atoms. The van der Waals surface area contributed by atoms with Crippen molar-refractivity contribution in [3.63, 3.8) is 0 Å². The number of amides is 1. The van der Waals surface area contributed by atoms with Crippen molar-refractivity contribution in [2.24, 2.45) is 0 Å². The number of benzene rings is 1. The molecule has 1 heterocycles. The fourth-order valence-electron chi connectivity index (χ4n) is 1.93. The Hall–Kier alpha value is -0.870. The Morgan fingerprint density at radius 1 is 1.53 bits per heavy atom. The summed E-state index contributed by atoms with van der Waals surface area (Å²) in [6, 6.07) is 5.27. The molecule has 3 nitrogen and oxygen atoms in total. The molecule has 0 radical (unpaired) electrons. The standard InChI is InChI=1S/C12H15ClN2OS/c1-8-7-17-3-2-15(8)12(16)9-4-10(13)6-11(14)5-9/h4-6,8H,2-3,7,14H2,1H3. The molecular weight excluding hydrogens is 256 g/mol. The first-order chi connectivity index (χ1) is 8.08. The monoisotopic (exact) mass is 270 g/mol. The molecule has 0 spiro atoms. The van der Waals surface area contributed by atoms with Gasteiger partial charge >= 0.3 is 0 Å². The van der Waals surface area contributed by atoms with Crippen molar-refractivity contribution in [2.45, 2.75) is 13.0 Å². The number of nitrogens with two attached hydrogens (primary N) is 1. The molecule has 92 valence electrons. The van der Waals surface area contributed by atoms with Gasteiger partial charge in [0.05, 0.1) is 0 Å². The Balaban J connectivity index is 2.23. The van der Waals surface area contributed by atoms with E-state index in [1.165, 1.54) is 0 Å². The van der Waals surface area contributed by atoms with Crippen LogP contribution in [0.4, 0.5) is 5.69 Å². The van der Waals surface area contributed by atoms with E-state index in [0.717, 1.165) is 18.1 Å². The number of carbonyl (C=O) groups excluding carboxylic acids is 1. The third-order valence-corrected chi connectivity index (χ3v) is 4.20. The first-order valence-corrected chi connectivity index (χ1v) is 7.06. The molecule has 0 aromatic heterocycles. The number of hydrogen-bond acceptors (Lipinski definition) is 3. The lowest BCUT2D eigenvalue weighted by Crippen LogP contribution is -2.44. The molecule has 1 aliphatic heterocycles. The summed E-state index contributed by atoms with van der Waals surface area (Å²) in [4.78, 5) is 14.2. The fraction of sp³-hybridized carbons (Fsp3) is 0.417. The molecule has 1 atom stereocenters. The van der Waals surface area contributed by atoms with Gasteiger partial charge in [-0.3, -0.25) is 4.79 Å². The summed E-state index contributed by atoms with van der Waals surface area (Å²) in [5, 5.41) is 0.507. The average molecular weight is 271 g/mol. The minimum absolute atomic E-state index is 0.0204. The molecule has 0 aliphatic carbocycles. The Labute approximate surface area is 110 Å². The lowest BCUT2D eigenvalue weighted by Gasteiger charge is -2.33. The lowest BCUT2D eigenvalue weighted by atomic mass is 10.1. The van der Waals surface area contributed by atoms with E-state index in [1.807, 2.05) is 16.7 Å². The second-order valence-corrected chi connectivity index (χ2v) is 5.78. The van der Waals surface area contributed by atoms with Crippen LogP contribution >= 0.6 is 23.4 Å². The second-order valence-electron chi connectivity index (χ2n) is 4.20. The summed E-state index contributed by atoms with van der Waals surface area (Å²) in [6.45, 7) is 2.86. The molecule has 1 aliphatic rings. The van der Waals surface area contributed by atoms with Crippen LogP contribution in [0.3, 0.4) is 0 Å². The minimum atomic E-state index is 0.0204. The predicted molar refractivity (Wildman–Crippen MR) is 73.7 cm³/mol. The molecular formula is C12H15ClN2OS. The van der Waals surface area contributed by atoms with Gasteiger partial charge in [-0.15, -0.1) is 0 Å². The minimum Gasteiger partial charge on any atom is -0.399 e. The van der Waals surface area contributed by atoms with Crippen LogP contribution in [-0.2, 0) is 0 Å². The number of rotatable bonds is 1. The highest BCUT2D eigenvalue weighted by Crippen LogP contribution is 2.22. The van der Waals surface area contributed by atoms with Crippen LogP contribution < -0.4 is 5.73 Å². The highest BCUT2D eigenvalue weighted by molar-refractivity contribution is 7.99. The van der Waals surface area contributed by atoms with Crippen LogP contribution in [0.25, 0.3) is 0 Å². The van der Waals surface area contributed by atoms with Gasteiger partial charge in [0.15, 0.2) is 0 Å². The average Bonchev–Trinajstić information content (AvgIpc) is 2.27. The Bertz CT molecular complexity index is 418. The Morgan fingerprint density at radius 3 is 2.94 bits per heavy atom. The van der Waals surface area contributed by atoms with E-state index in [0.29, 0.717) is 16.3 Å². The second kappa shape index (κ2) is 5.19. The third-order valence-electron chi connectivity index (χ3n) is 2.80. The first-order valence-electron chi connectivity index (χ1n) is 5.52. The van der Waals surface area contributed by atoms with E-state index in [1.54, 1.807) is 18.2 Å². The smallest absolute Gasteiger partial charge is 0.254 e. The third kappa shape index (κ3) is 2.87.